The third-order valence-corrected chi connectivity index (χ3v) is 3.11. The molecule has 0 aromatic heterocycles. The highest BCUT2D eigenvalue weighted by atomic mass is 15.2. The molecular weight excluding hydrogens is 196 g/mol. The molecule has 1 rings (SSSR count). The minimum absolute atomic E-state index is 0.339. The standard InChI is InChI=1S/C14H24N2/c1-5-16(11(2)3)14(10-15)13-8-6-12(4)7-9-13/h6-9,11,14H,5,10,15H2,1-4H3. The minimum Gasteiger partial charge on any atom is -0.329 e. The fraction of sp³-hybridized carbons (Fsp3) is 0.571. The van der Waals surface area contributed by atoms with E-state index in [-0.39, 0.29) is 0 Å². The van der Waals surface area contributed by atoms with E-state index in [1.54, 1.807) is 0 Å². The Morgan fingerprint density at radius 1 is 1.19 bits per heavy atom. The van der Waals surface area contributed by atoms with Crippen molar-refractivity contribution in [1.82, 2.24) is 4.90 Å². The molecule has 1 aromatic rings. The van der Waals surface area contributed by atoms with Crippen LogP contribution in [0.3, 0.4) is 0 Å². The minimum atomic E-state index is 0.339. The molecule has 16 heavy (non-hydrogen) atoms. The lowest BCUT2D eigenvalue weighted by atomic mass is 10.0. The van der Waals surface area contributed by atoms with E-state index < -0.39 is 0 Å². The predicted octanol–water partition coefficient (Wildman–Crippen LogP) is 2.73. The van der Waals surface area contributed by atoms with Crippen molar-refractivity contribution in [3.05, 3.63) is 35.4 Å². The maximum Gasteiger partial charge on any atom is 0.0473 e. The van der Waals surface area contributed by atoms with Gasteiger partial charge in [-0.1, -0.05) is 36.8 Å². The molecule has 0 fully saturated rings. The zero-order valence-electron chi connectivity index (χ0n) is 10.9. The molecule has 0 aliphatic rings. The molecule has 0 saturated carbocycles. The molecule has 0 aliphatic heterocycles. The maximum atomic E-state index is 5.92. The molecule has 0 amide bonds. The fourth-order valence-corrected chi connectivity index (χ4v) is 2.20. The van der Waals surface area contributed by atoms with Gasteiger partial charge in [0, 0.05) is 18.6 Å². The average Bonchev–Trinajstić information content (AvgIpc) is 2.26. The van der Waals surface area contributed by atoms with Crippen molar-refractivity contribution in [3.8, 4) is 0 Å². The predicted molar refractivity (Wildman–Crippen MR) is 70.5 cm³/mol. The van der Waals surface area contributed by atoms with Crippen LogP contribution < -0.4 is 5.73 Å². The molecule has 0 saturated heterocycles. The second-order valence-corrected chi connectivity index (χ2v) is 4.59. The quantitative estimate of drug-likeness (QED) is 0.826. The number of rotatable bonds is 5. The lowest BCUT2D eigenvalue weighted by molar-refractivity contribution is 0.166. The van der Waals surface area contributed by atoms with Crippen molar-refractivity contribution in [3.63, 3.8) is 0 Å². The highest BCUT2D eigenvalue weighted by Gasteiger charge is 2.19. The summed E-state index contributed by atoms with van der Waals surface area (Å²) in [5.41, 5.74) is 8.54. The van der Waals surface area contributed by atoms with Crippen molar-refractivity contribution in [2.45, 2.75) is 39.8 Å². The Bertz CT molecular complexity index is 303. The van der Waals surface area contributed by atoms with Crippen LogP contribution >= 0.6 is 0 Å². The Labute approximate surface area is 99.5 Å². The van der Waals surface area contributed by atoms with E-state index in [1.165, 1.54) is 11.1 Å². The van der Waals surface area contributed by atoms with E-state index in [4.69, 9.17) is 5.73 Å². The van der Waals surface area contributed by atoms with Crippen molar-refractivity contribution >= 4 is 0 Å². The first-order valence-electron chi connectivity index (χ1n) is 6.12. The molecule has 0 bridgehead atoms. The number of likely N-dealkylation sites (N-methyl/N-ethyl adjacent to an activating group) is 1. The first kappa shape index (κ1) is 13.2. The van der Waals surface area contributed by atoms with Gasteiger partial charge in [0.25, 0.3) is 0 Å². The van der Waals surface area contributed by atoms with Gasteiger partial charge >= 0.3 is 0 Å². The van der Waals surface area contributed by atoms with E-state index in [2.05, 4.69) is 56.9 Å². The molecule has 2 heteroatoms. The van der Waals surface area contributed by atoms with Crippen LogP contribution in [0.25, 0.3) is 0 Å². The first-order chi connectivity index (χ1) is 7.60. The van der Waals surface area contributed by atoms with Crippen LogP contribution in [0.5, 0.6) is 0 Å². The van der Waals surface area contributed by atoms with E-state index in [9.17, 15) is 0 Å². The van der Waals surface area contributed by atoms with Gasteiger partial charge in [0.1, 0.15) is 0 Å². The third-order valence-electron chi connectivity index (χ3n) is 3.11. The summed E-state index contributed by atoms with van der Waals surface area (Å²) >= 11 is 0. The monoisotopic (exact) mass is 220 g/mol. The fourth-order valence-electron chi connectivity index (χ4n) is 2.20. The van der Waals surface area contributed by atoms with E-state index in [0.717, 1.165) is 6.54 Å². The number of benzene rings is 1. The second kappa shape index (κ2) is 6.02. The molecule has 2 nitrogen and oxygen atoms in total. The lowest BCUT2D eigenvalue weighted by Crippen LogP contribution is -2.38. The zero-order chi connectivity index (χ0) is 12.1. The van der Waals surface area contributed by atoms with Crippen molar-refractivity contribution < 1.29 is 0 Å². The smallest absolute Gasteiger partial charge is 0.0473 e. The zero-order valence-corrected chi connectivity index (χ0v) is 10.9. The average molecular weight is 220 g/mol. The summed E-state index contributed by atoms with van der Waals surface area (Å²) in [7, 11) is 0. The van der Waals surface area contributed by atoms with E-state index in [0.29, 0.717) is 18.6 Å². The Hall–Kier alpha value is -0.860. The molecule has 2 N–H and O–H groups in total. The summed E-state index contributed by atoms with van der Waals surface area (Å²) in [5, 5.41) is 0. The van der Waals surface area contributed by atoms with Crippen LogP contribution in [0, 0.1) is 6.92 Å². The topological polar surface area (TPSA) is 29.3 Å². The number of aryl methyl sites for hydroxylation is 1. The highest BCUT2D eigenvalue weighted by molar-refractivity contribution is 5.24. The molecular formula is C14H24N2. The highest BCUT2D eigenvalue weighted by Crippen LogP contribution is 2.21. The SMILES string of the molecule is CCN(C(C)C)C(CN)c1ccc(C)cc1. The van der Waals surface area contributed by atoms with Gasteiger partial charge in [-0.3, -0.25) is 4.90 Å². The summed E-state index contributed by atoms with van der Waals surface area (Å²) in [6, 6.07) is 9.57. The van der Waals surface area contributed by atoms with Gasteiger partial charge in [-0.25, -0.2) is 0 Å². The number of hydrogen-bond donors (Lipinski definition) is 1. The van der Waals surface area contributed by atoms with Crippen molar-refractivity contribution in [2.24, 2.45) is 5.73 Å². The molecule has 1 unspecified atom stereocenters. The molecule has 1 aromatic carbocycles. The maximum absolute atomic E-state index is 5.92. The van der Waals surface area contributed by atoms with Gasteiger partial charge in [0.05, 0.1) is 0 Å². The van der Waals surface area contributed by atoms with Crippen LogP contribution in [0.1, 0.15) is 37.9 Å². The van der Waals surface area contributed by atoms with Gasteiger partial charge in [-0.15, -0.1) is 0 Å². The Kier molecular flexibility index (Phi) is 4.97. The van der Waals surface area contributed by atoms with Crippen LogP contribution in [0.2, 0.25) is 0 Å². The van der Waals surface area contributed by atoms with E-state index in [1.807, 2.05) is 0 Å². The summed E-state index contributed by atoms with van der Waals surface area (Å²) in [4.78, 5) is 2.44. The number of hydrogen-bond acceptors (Lipinski definition) is 2. The Balaban J connectivity index is 2.92. The van der Waals surface area contributed by atoms with Crippen LogP contribution in [0.4, 0.5) is 0 Å². The Morgan fingerprint density at radius 3 is 2.12 bits per heavy atom. The molecule has 1 atom stereocenters. The van der Waals surface area contributed by atoms with Crippen molar-refractivity contribution in [2.75, 3.05) is 13.1 Å². The van der Waals surface area contributed by atoms with Crippen LogP contribution in [-0.2, 0) is 0 Å². The van der Waals surface area contributed by atoms with Gasteiger partial charge < -0.3 is 5.73 Å². The molecule has 0 spiro atoms. The van der Waals surface area contributed by atoms with Crippen LogP contribution in [0.15, 0.2) is 24.3 Å². The lowest BCUT2D eigenvalue weighted by Gasteiger charge is -2.33. The molecule has 0 radical (unpaired) electrons. The number of nitrogens with zero attached hydrogens (tertiary/aromatic N) is 1. The summed E-state index contributed by atoms with van der Waals surface area (Å²) in [5.74, 6) is 0. The normalized spacial score (nSPS) is 13.4. The molecule has 0 aliphatic carbocycles. The van der Waals surface area contributed by atoms with Gasteiger partial charge in [-0.2, -0.15) is 0 Å². The third kappa shape index (κ3) is 3.06. The van der Waals surface area contributed by atoms with E-state index >= 15 is 0 Å². The van der Waals surface area contributed by atoms with Crippen LogP contribution in [-0.4, -0.2) is 24.0 Å². The van der Waals surface area contributed by atoms with Gasteiger partial charge in [0.15, 0.2) is 0 Å². The number of nitrogens with two attached hydrogens (primary N) is 1. The summed E-state index contributed by atoms with van der Waals surface area (Å²) < 4.78 is 0. The molecule has 0 heterocycles. The summed E-state index contributed by atoms with van der Waals surface area (Å²) in [6.07, 6.45) is 0. The van der Waals surface area contributed by atoms with Gasteiger partial charge in [-0.05, 0) is 32.9 Å². The first-order valence-corrected chi connectivity index (χ1v) is 6.12. The molecule has 90 valence electrons. The second-order valence-electron chi connectivity index (χ2n) is 4.59. The van der Waals surface area contributed by atoms with Gasteiger partial charge in [0.2, 0.25) is 0 Å². The Morgan fingerprint density at radius 2 is 1.75 bits per heavy atom. The summed E-state index contributed by atoms with van der Waals surface area (Å²) in [6.45, 7) is 10.5. The van der Waals surface area contributed by atoms with Crippen molar-refractivity contribution in [1.29, 1.82) is 0 Å². The largest absolute Gasteiger partial charge is 0.329 e.